The average Bonchev–Trinajstić information content (AvgIpc) is 3.06. The van der Waals surface area contributed by atoms with Gasteiger partial charge in [-0.15, -0.1) is 11.3 Å². The smallest absolute Gasteiger partial charge is 0.261 e. The summed E-state index contributed by atoms with van der Waals surface area (Å²) in [4.78, 5) is 26.7. The monoisotopic (exact) mass is 361 g/mol. The second-order valence-corrected chi connectivity index (χ2v) is 7.22. The first-order valence-corrected chi connectivity index (χ1v) is 9.01. The molecule has 25 heavy (non-hydrogen) atoms. The van der Waals surface area contributed by atoms with E-state index in [1.165, 1.54) is 17.4 Å². The molecule has 5 nitrogen and oxygen atoms in total. The summed E-state index contributed by atoms with van der Waals surface area (Å²) < 4.78 is 13.9. The molecule has 1 saturated heterocycles. The minimum Gasteiger partial charge on any atom is -0.369 e. The van der Waals surface area contributed by atoms with Crippen molar-refractivity contribution in [1.82, 2.24) is 10.2 Å². The number of hydrogen-bond donors (Lipinski definition) is 2. The van der Waals surface area contributed by atoms with E-state index in [2.05, 4.69) is 5.32 Å². The predicted octanol–water partition coefficient (Wildman–Crippen LogP) is 2.23. The number of amides is 2. The molecular formula is C18H20FN3O2S. The molecular weight excluding hydrogens is 341 g/mol. The molecule has 132 valence electrons. The van der Waals surface area contributed by atoms with Gasteiger partial charge in [-0.1, -0.05) is 18.2 Å². The molecule has 0 atom stereocenters. The van der Waals surface area contributed by atoms with E-state index >= 15 is 0 Å². The molecule has 2 aromatic rings. The summed E-state index contributed by atoms with van der Waals surface area (Å²) >= 11 is 1.28. The number of primary amides is 1. The number of halogens is 1. The quantitative estimate of drug-likeness (QED) is 0.858. The zero-order chi connectivity index (χ0) is 17.8. The highest BCUT2D eigenvalue weighted by Crippen LogP contribution is 2.30. The molecule has 1 fully saturated rings. The standard InChI is InChI=1S/C18H20FN3O2S/c19-14-4-2-1-3-13(14)15-5-6-16(25-15)18(24)21-12-7-9-22(10-8-12)11-17(20)23/h1-6,12H,7-11H2,(H2,20,23)(H,21,24). The Bertz CT molecular complexity index is 769. The fourth-order valence-corrected chi connectivity index (χ4v) is 3.91. The number of thiophene rings is 1. The molecule has 0 aliphatic carbocycles. The van der Waals surface area contributed by atoms with Crippen molar-refractivity contribution in [3.05, 3.63) is 47.1 Å². The van der Waals surface area contributed by atoms with Crippen LogP contribution in [0.3, 0.4) is 0 Å². The molecule has 0 saturated carbocycles. The van der Waals surface area contributed by atoms with Crippen LogP contribution in [0.15, 0.2) is 36.4 Å². The first-order chi connectivity index (χ1) is 12.0. The number of benzene rings is 1. The van der Waals surface area contributed by atoms with E-state index in [0.29, 0.717) is 10.4 Å². The number of hydrogen-bond acceptors (Lipinski definition) is 4. The topological polar surface area (TPSA) is 75.4 Å². The summed E-state index contributed by atoms with van der Waals surface area (Å²) in [6, 6.07) is 10.1. The van der Waals surface area contributed by atoms with Crippen molar-refractivity contribution in [1.29, 1.82) is 0 Å². The highest BCUT2D eigenvalue weighted by molar-refractivity contribution is 7.17. The number of rotatable bonds is 5. The lowest BCUT2D eigenvalue weighted by molar-refractivity contribution is -0.119. The third kappa shape index (κ3) is 4.43. The molecule has 2 amide bonds. The van der Waals surface area contributed by atoms with E-state index in [0.717, 1.165) is 30.8 Å². The van der Waals surface area contributed by atoms with E-state index in [4.69, 9.17) is 5.73 Å². The minimum absolute atomic E-state index is 0.0793. The number of carbonyl (C=O) groups is 2. The Morgan fingerprint density at radius 3 is 2.60 bits per heavy atom. The Morgan fingerprint density at radius 2 is 1.92 bits per heavy atom. The van der Waals surface area contributed by atoms with Crippen LogP contribution in [0.2, 0.25) is 0 Å². The van der Waals surface area contributed by atoms with Gasteiger partial charge in [-0.3, -0.25) is 14.5 Å². The third-order valence-corrected chi connectivity index (χ3v) is 5.39. The molecule has 3 rings (SSSR count). The normalized spacial score (nSPS) is 15.9. The SMILES string of the molecule is NC(=O)CN1CCC(NC(=O)c2ccc(-c3ccccc3F)s2)CC1. The van der Waals surface area contributed by atoms with E-state index in [-0.39, 0.29) is 30.2 Å². The molecule has 2 heterocycles. The molecule has 0 spiro atoms. The maximum atomic E-state index is 13.9. The number of likely N-dealkylation sites (tertiary alicyclic amines) is 1. The van der Waals surface area contributed by atoms with Gasteiger partial charge >= 0.3 is 0 Å². The molecule has 1 aliphatic heterocycles. The van der Waals surface area contributed by atoms with Crippen molar-refractivity contribution >= 4 is 23.2 Å². The number of carbonyl (C=O) groups excluding carboxylic acids is 2. The van der Waals surface area contributed by atoms with E-state index < -0.39 is 0 Å². The largest absolute Gasteiger partial charge is 0.369 e. The van der Waals surface area contributed by atoms with Crippen molar-refractivity contribution in [2.75, 3.05) is 19.6 Å². The molecule has 0 unspecified atom stereocenters. The van der Waals surface area contributed by atoms with E-state index in [1.807, 2.05) is 4.90 Å². The van der Waals surface area contributed by atoms with Gasteiger partial charge in [0.15, 0.2) is 0 Å². The van der Waals surface area contributed by atoms with Gasteiger partial charge in [-0.25, -0.2) is 4.39 Å². The predicted molar refractivity (Wildman–Crippen MR) is 95.8 cm³/mol. The summed E-state index contributed by atoms with van der Waals surface area (Å²) in [5.41, 5.74) is 5.71. The summed E-state index contributed by atoms with van der Waals surface area (Å²) in [6.07, 6.45) is 1.56. The van der Waals surface area contributed by atoms with Gasteiger partial charge < -0.3 is 11.1 Å². The summed E-state index contributed by atoms with van der Waals surface area (Å²) in [5.74, 6) is -0.763. The molecule has 1 aromatic heterocycles. The third-order valence-electron chi connectivity index (χ3n) is 4.27. The van der Waals surface area contributed by atoms with E-state index in [1.54, 1.807) is 30.3 Å². The Morgan fingerprint density at radius 1 is 1.20 bits per heavy atom. The molecule has 0 bridgehead atoms. The van der Waals surface area contributed by atoms with Crippen molar-refractivity contribution in [2.24, 2.45) is 5.73 Å². The van der Waals surface area contributed by atoms with E-state index in [9.17, 15) is 14.0 Å². The second kappa shape index (κ2) is 7.76. The van der Waals surface area contributed by atoms with Crippen molar-refractivity contribution in [3.63, 3.8) is 0 Å². The lowest BCUT2D eigenvalue weighted by atomic mass is 10.0. The van der Waals surface area contributed by atoms with Crippen LogP contribution in [0.25, 0.3) is 10.4 Å². The van der Waals surface area contributed by atoms with Crippen molar-refractivity contribution in [2.45, 2.75) is 18.9 Å². The van der Waals surface area contributed by atoms with Crippen LogP contribution in [0.4, 0.5) is 4.39 Å². The Kier molecular flexibility index (Phi) is 5.45. The van der Waals surface area contributed by atoms with Crippen molar-refractivity contribution < 1.29 is 14.0 Å². The second-order valence-electron chi connectivity index (χ2n) is 6.13. The fraction of sp³-hybridized carbons (Fsp3) is 0.333. The van der Waals surface area contributed by atoms with Crippen LogP contribution in [0.1, 0.15) is 22.5 Å². The van der Waals surface area contributed by atoms with Gasteiger partial charge in [0.2, 0.25) is 5.91 Å². The maximum absolute atomic E-state index is 13.9. The molecule has 0 radical (unpaired) electrons. The number of piperidine rings is 1. The van der Waals surface area contributed by atoms with Crippen LogP contribution in [-0.2, 0) is 4.79 Å². The first kappa shape index (κ1) is 17.6. The Labute approximate surface area is 149 Å². The Balaban J connectivity index is 1.58. The van der Waals surface area contributed by atoms with Crippen LogP contribution in [-0.4, -0.2) is 42.4 Å². The number of nitrogens with one attached hydrogen (secondary N) is 1. The van der Waals surface area contributed by atoms with Crippen LogP contribution in [0, 0.1) is 5.82 Å². The van der Waals surface area contributed by atoms with Crippen molar-refractivity contribution in [3.8, 4) is 10.4 Å². The molecule has 1 aromatic carbocycles. The molecule has 1 aliphatic rings. The van der Waals surface area contributed by atoms with Gasteiger partial charge in [-0.2, -0.15) is 0 Å². The Hall–Kier alpha value is -2.25. The fourth-order valence-electron chi connectivity index (χ4n) is 2.98. The van der Waals surface area contributed by atoms with Gasteiger partial charge in [0.25, 0.3) is 5.91 Å². The number of nitrogens with zero attached hydrogens (tertiary/aromatic N) is 1. The summed E-state index contributed by atoms with van der Waals surface area (Å²) in [5, 5.41) is 3.02. The molecule has 3 N–H and O–H groups in total. The number of nitrogens with two attached hydrogens (primary N) is 1. The van der Waals surface area contributed by atoms with Gasteiger partial charge in [0, 0.05) is 29.6 Å². The van der Waals surface area contributed by atoms with Gasteiger partial charge in [0.1, 0.15) is 5.82 Å². The lowest BCUT2D eigenvalue weighted by Crippen LogP contribution is -2.46. The maximum Gasteiger partial charge on any atom is 0.261 e. The van der Waals surface area contributed by atoms with Gasteiger partial charge in [-0.05, 0) is 31.0 Å². The first-order valence-electron chi connectivity index (χ1n) is 8.19. The zero-order valence-corrected chi connectivity index (χ0v) is 14.5. The van der Waals surface area contributed by atoms with Gasteiger partial charge in [0.05, 0.1) is 11.4 Å². The highest BCUT2D eigenvalue weighted by Gasteiger charge is 2.22. The van der Waals surface area contributed by atoms with Crippen LogP contribution >= 0.6 is 11.3 Å². The molecule has 7 heteroatoms. The highest BCUT2D eigenvalue weighted by atomic mass is 32.1. The summed E-state index contributed by atoms with van der Waals surface area (Å²) in [7, 11) is 0. The van der Waals surface area contributed by atoms with Crippen LogP contribution < -0.4 is 11.1 Å². The lowest BCUT2D eigenvalue weighted by Gasteiger charge is -2.31. The zero-order valence-electron chi connectivity index (χ0n) is 13.7. The van der Waals surface area contributed by atoms with Crippen LogP contribution in [0.5, 0.6) is 0 Å². The average molecular weight is 361 g/mol. The summed E-state index contributed by atoms with van der Waals surface area (Å²) in [6.45, 7) is 1.73. The minimum atomic E-state index is -0.332.